The molecule has 0 atom stereocenters. The predicted molar refractivity (Wildman–Crippen MR) is 117 cm³/mol. The summed E-state index contributed by atoms with van der Waals surface area (Å²) in [5.41, 5.74) is 5.86. The molecule has 4 aromatic rings. The molecule has 0 aliphatic carbocycles. The Labute approximate surface area is 194 Å². The van der Waals surface area contributed by atoms with E-state index in [2.05, 4.69) is 30.5 Å². The highest BCUT2D eigenvalue weighted by Gasteiger charge is 2.30. The van der Waals surface area contributed by atoms with E-state index >= 15 is 0 Å². The van der Waals surface area contributed by atoms with Gasteiger partial charge in [0, 0.05) is 17.3 Å². The Bertz CT molecular complexity index is 1290. The third kappa shape index (κ3) is 6.59. The van der Waals surface area contributed by atoms with Crippen molar-refractivity contribution in [2.75, 3.05) is 11.1 Å². The summed E-state index contributed by atoms with van der Waals surface area (Å²) in [6.07, 6.45) is -4.43. The Morgan fingerprint density at radius 2 is 1.74 bits per heavy atom. The van der Waals surface area contributed by atoms with Crippen LogP contribution in [0.3, 0.4) is 0 Å². The van der Waals surface area contributed by atoms with Crippen molar-refractivity contribution in [3.8, 4) is 23.0 Å². The van der Waals surface area contributed by atoms with Gasteiger partial charge in [0.1, 0.15) is 17.4 Å². The van der Waals surface area contributed by atoms with Gasteiger partial charge in [0.25, 0.3) is 0 Å². The molecule has 0 spiro atoms. The van der Waals surface area contributed by atoms with E-state index in [9.17, 15) is 13.2 Å². The topological polar surface area (TPSA) is 149 Å². The molecule has 0 aliphatic rings. The molecule has 14 heteroatoms. The first-order valence-corrected chi connectivity index (χ1v) is 10.0. The van der Waals surface area contributed by atoms with E-state index in [-0.39, 0.29) is 11.6 Å². The zero-order valence-corrected chi connectivity index (χ0v) is 18.1. The lowest BCUT2D eigenvalue weighted by Crippen LogP contribution is -2.05. The fourth-order valence-electron chi connectivity index (χ4n) is 2.77. The number of hydrogen-bond donors (Lipinski definition) is 3. The number of aromatic nitrogens is 5. The van der Waals surface area contributed by atoms with Gasteiger partial charge in [0.15, 0.2) is 5.82 Å². The zero-order valence-electron chi connectivity index (χ0n) is 17.3. The zero-order chi connectivity index (χ0) is 24.7. The summed E-state index contributed by atoms with van der Waals surface area (Å²) in [5, 5.41) is 9.50. The van der Waals surface area contributed by atoms with Gasteiger partial charge in [-0.05, 0) is 49.4 Å². The van der Waals surface area contributed by atoms with Gasteiger partial charge in [-0.25, -0.2) is 4.98 Å². The summed E-state index contributed by atoms with van der Waals surface area (Å²) < 4.78 is 60.8. The molecule has 4 N–H and O–H groups in total. The second-order valence-corrected chi connectivity index (χ2v) is 6.72. The first-order valence-electron chi connectivity index (χ1n) is 9.36. The minimum atomic E-state index is -4.43. The molecule has 0 saturated carbocycles. The van der Waals surface area contributed by atoms with Crippen LogP contribution in [-0.2, 0) is 17.7 Å². The molecule has 2 aromatic heterocycles. The monoisotopic (exact) mass is 491 g/mol. The largest absolute Gasteiger partial charge is 0.439 e. The lowest BCUT2D eigenvalue weighted by atomic mass is 10.2. The van der Waals surface area contributed by atoms with E-state index < -0.39 is 23.3 Å². The van der Waals surface area contributed by atoms with Crippen molar-refractivity contribution in [1.29, 1.82) is 0 Å². The number of rotatable bonds is 5. The number of benzene rings is 2. The molecule has 0 saturated heterocycles. The molecule has 0 aliphatic heterocycles. The Morgan fingerprint density at radius 3 is 2.38 bits per heavy atom. The van der Waals surface area contributed by atoms with Crippen molar-refractivity contribution >= 4 is 29.0 Å². The normalized spacial score (nSPS) is 10.7. The number of nitrogen functional groups attached to an aromatic ring is 1. The second-order valence-electron chi connectivity index (χ2n) is 6.58. The molecule has 0 bridgehead atoms. The average molecular weight is 491 g/mol. The van der Waals surface area contributed by atoms with Crippen LogP contribution in [0, 0.1) is 6.92 Å². The molecule has 176 valence electrons. The maximum Gasteiger partial charge on any atom is 0.416 e. The highest BCUT2D eigenvalue weighted by atomic mass is 32.1. The van der Waals surface area contributed by atoms with Crippen LogP contribution in [0.2, 0.25) is 0 Å². The molecule has 2 aromatic carbocycles. The molecule has 34 heavy (non-hydrogen) atoms. The van der Waals surface area contributed by atoms with Crippen molar-refractivity contribution in [3.63, 3.8) is 0 Å². The fraction of sp³-hybridized carbons (Fsp3) is 0.100. The maximum absolute atomic E-state index is 12.9. The van der Waals surface area contributed by atoms with Gasteiger partial charge in [-0.3, -0.25) is 5.10 Å². The lowest BCUT2D eigenvalue weighted by molar-refractivity contribution is -0.137. The van der Waals surface area contributed by atoms with Gasteiger partial charge >= 0.3 is 17.7 Å². The van der Waals surface area contributed by atoms with Gasteiger partial charge in [-0.2, -0.15) is 31.6 Å². The van der Waals surface area contributed by atoms with Crippen molar-refractivity contribution in [3.05, 3.63) is 66.0 Å². The van der Waals surface area contributed by atoms with E-state index in [1.54, 1.807) is 31.2 Å². The molecule has 0 unspecified atom stereocenters. The van der Waals surface area contributed by atoms with Crippen LogP contribution in [0.15, 0.2) is 54.6 Å². The number of aromatic amines is 1. The predicted octanol–water partition coefficient (Wildman–Crippen LogP) is 4.04. The van der Waals surface area contributed by atoms with Crippen LogP contribution in [-0.4, -0.2) is 33.6 Å². The van der Waals surface area contributed by atoms with Gasteiger partial charge in [-0.1, -0.05) is 6.07 Å². The SMILES string of the molecule is Cc1nc(N)cc(Oc2ccc(-c3nc(Nc4cccc(C(F)(F)F)c4)n[nH]3)cc2)n1.O=S=O. The van der Waals surface area contributed by atoms with Gasteiger partial charge < -0.3 is 15.8 Å². The van der Waals surface area contributed by atoms with Crippen molar-refractivity contribution in [2.24, 2.45) is 0 Å². The molecule has 4 rings (SSSR count). The van der Waals surface area contributed by atoms with Crippen LogP contribution < -0.4 is 15.8 Å². The van der Waals surface area contributed by atoms with Gasteiger partial charge in [-0.15, -0.1) is 5.10 Å². The summed E-state index contributed by atoms with van der Waals surface area (Å²) >= 11 is -0.750. The molecular weight excluding hydrogens is 475 g/mol. The van der Waals surface area contributed by atoms with Crippen LogP contribution in [0.25, 0.3) is 11.4 Å². The highest BCUT2D eigenvalue weighted by molar-refractivity contribution is 7.51. The number of hydrogen-bond acceptors (Lipinski definition) is 9. The second kappa shape index (κ2) is 10.5. The Balaban J connectivity index is 0.00000103. The Morgan fingerprint density at radius 1 is 1.03 bits per heavy atom. The van der Waals surface area contributed by atoms with Gasteiger partial charge in [0.2, 0.25) is 11.8 Å². The number of nitrogens with one attached hydrogen (secondary N) is 2. The van der Waals surface area contributed by atoms with Crippen LogP contribution in [0.5, 0.6) is 11.6 Å². The van der Waals surface area contributed by atoms with E-state index in [0.717, 1.165) is 12.1 Å². The maximum atomic E-state index is 12.9. The third-order valence-electron chi connectivity index (χ3n) is 4.12. The number of nitrogens with zero attached hydrogens (tertiary/aromatic N) is 4. The Hall–Kier alpha value is -4.33. The van der Waals surface area contributed by atoms with Crippen LogP contribution >= 0.6 is 0 Å². The number of nitrogens with two attached hydrogens (primary N) is 1. The van der Waals surface area contributed by atoms with Crippen LogP contribution in [0.1, 0.15) is 11.4 Å². The minimum absolute atomic E-state index is 0.140. The Kier molecular flexibility index (Phi) is 7.53. The molecular formula is C20H16F3N7O3S. The molecule has 0 amide bonds. The molecule has 10 nitrogen and oxygen atoms in total. The number of ether oxygens (including phenoxy) is 1. The lowest BCUT2D eigenvalue weighted by Gasteiger charge is -2.08. The molecule has 2 heterocycles. The third-order valence-corrected chi connectivity index (χ3v) is 4.12. The van der Waals surface area contributed by atoms with E-state index in [1.165, 1.54) is 18.2 Å². The molecule has 0 fully saturated rings. The number of H-pyrrole nitrogens is 1. The highest BCUT2D eigenvalue weighted by Crippen LogP contribution is 2.31. The van der Waals surface area contributed by atoms with E-state index in [4.69, 9.17) is 18.9 Å². The number of halogens is 3. The first kappa shape index (κ1) is 24.3. The summed E-state index contributed by atoms with van der Waals surface area (Å²) in [4.78, 5) is 12.4. The minimum Gasteiger partial charge on any atom is -0.439 e. The van der Waals surface area contributed by atoms with Crippen molar-refractivity contribution < 1.29 is 26.3 Å². The summed E-state index contributed by atoms with van der Waals surface area (Å²) in [6, 6.07) is 13.2. The number of alkyl halides is 3. The first-order chi connectivity index (χ1) is 16.2. The smallest absolute Gasteiger partial charge is 0.416 e. The van der Waals surface area contributed by atoms with Crippen molar-refractivity contribution in [1.82, 2.24) is 25.1 Å². The standard InChI is InChI=1S/C20H16F3N7O.O2S/c1-11-25-16(24)10-17(26-11)31-15-7-5-12(6-8-15)18-28-19(30-29-18)27-14-4-2-3-13(9-14)20(21,22)23;1-3-2/h2-10H,1H3,(H2,24,25,26)(H2,27,28,29,30);. The van der Waals surface area contributed by atoms with E-state index in [1.807, 2.05) is 0 Å². The summed E-state index contributed by atoms with van der Waals surface area (Å²) in [6.45, 7) is 1.71. The summed E-state index contributed by atoms with van der Waals surface area (Å²) in [7, 11) is 0. The fourth-order valence-corrected chi connectivity index (χ4v) is 2.77. The quantitative estimate of drug-likeness (QED) is 0.376. The van der Waals surface area contributed by atoms with Crippen LogP contribution in [0.4, 0.5) is 30.6 Å². The number of anilines is 3. The summed E-state index contributed by atoms with van der Waals surface area (Å²) in [5.74, 6) is 2.23. The number of aryl methyl sites for hydroxylation is 1. The average Bonchev–Trinajstić information content (AvgIpc) is 3.22. The van der Waals surface area contributed by atoms with Gasteiger partial charge in [0.05, 0.1) is 5.56 Å². The van der Waals surface area contributed by atoms with E-state index in [0.29, 0.717) is 34.7 Å². The molecule has 0 radical (unpaired) electrons. The van der Waals surface area contributed by atoms with Crippen molar-refractivity contribution in [2.45, 2.75) is 13.1 Å².